The van der Waals surface area contributed by atoms with Crippen molar-refractivity contribution in [2.24, 2.45) is 7.05 Å². The van der Waals surface area contributed by atoms with E-state index >= 15 is 0 Å². The van der Waals surface area contributed by atoms with Crippen molar-refractivity contribution in [3.63, 3.8) is 0 Å². The summed E-state index contributed by atoms with van der Waals surface area (Å²) in [5, 5.41) is 9.42. The van der Waals surface area contributed by atoms with E-state index in [2.05, 4.69) is 20.5 Å². The van der Waals surface area contributed by atoms with Crippen LogP contribution in [0, 0.1) is 6.92 Å². The van der Waals surface area contributed by atoms with Gasteiger partial charge in [0.15, 0.2) is 0 Å². The summed E-state index contributed by atoms with van der Waals surface area (Å²) in [6, 6.07) is 5.58. The lowest BCUT2D eigenvalue weighted by molar-refractivity contribution is 0.0948. The second kappa shape index (κ2) is 5.56. The molecule has 8 nitrogen and oxygen atoms in total. The number of carbonyl (C=O) groups is 1. The van der Waals surface area contributed by atoms with Crippen molar-refractivity contribution in [2.45, 2.75) is 13.5 Å². The fourth-order valence-electron chi connectivity index (χ4n) is 2.42. The number of benzene rings is 1. The molecular formula is C15H16N6O2. The summed E-state index contributed by atoms with van der Waals surface area (Å²) < 4.78 is 1.76. The van der Waals surface area contributed by atoms with Gasteiger partial charge in [-0.15, -0.1) is 5.10 Å². The van der Waals surface area contributed by atoms with Crippen LogP contribution in [0.2, 0.25) is 0 Å². The maximum atomic E-state index is 12.6. The number of rotatable bonds is 3. The summed E-state index contributed by atoms with van der Waals surface area (Å²) in [7, 11) is 1.80. The van der Waals surface area contributed by atoms with Crippen molar-refractivity contribution in [1.29, 1.82) is 0 Å². The van der Waals surface area contributed by atoms with Crippen molar-refractivity contribution in [1.82, 2.24) is 25.1 Å². The van der Waals surface area contributed by atoms with Crippen molar-refractivity contribution in [3.05, 3.63) is 51.6 Å². The number of H-pyrrole nitrogens is 1. The first kappa shape index (κ1) is 14.8. The van der Waals surface area contributed by atoms with Crippen LogP contribution in [0.25, 0.3) is 10.9 Å². The maximum Gasteiger partial charge on any atom is 0.257 e. The lowest BCUT2D eigenvalue weighted by Crippen LogP contribution is -2.29. The molecule has 3 rings (SSSR count). The zero-order valence-corrected chi connectivity index (χ0v) is 12.8. The topological polar surface area (TPSA) is 119 Å². The number of nitrogen functional groups attached to an aromatic ring is 1. The molecular weight excluding hydrogens is 296 g/mol. The normalized spacial score (nSPS) is 10.9. The Balaban J connectivity index is 1.94. The van der Waals surface area contributed by atoms with Crippen LogP contribution in [-0.4, -0.2) is 25.7 Å². The van der Waals surface area contributed by atoms with Crippen molar-refractivity contribution in [2.75, 3.05) is 5.73 Å². The number of aryl methyl sites for hydroxylation is 2. The number of aromatic nitrogens is 4. The molecule has 3 aromatic rings. The monoisotopic (exact) mass is 312 g/mol. The Kier molecular flexibility index (Phi) is 3.57. The third kappa shape index (κ3) is 2.78. The van der Waals surface area contributed by atoms with Crippen molar-refractivity contribution >= 4 is 22.8 Å². The van der Waals surface area contributed by atoms with E-state index in [9.17, 15) is 9.59 Å². The Bertz CT molecular complexity index is 956. The SMILES string of the molecule is Cc1ccc2c(c1)c(=O)c(C(=O)NCc1nc(N)n[nH]1)cn2C. The fourth-order valence-corrected chi connectivity index (χ4v) is 2.42. The molecule has 0 aliphatic rings. The Morgan fingerprint density at radius 1 is 1.43 bits per heavy atom. The molecule has 0 fully saturated rings. The fraction of sp³-hybridized carbons (Fsp3) is 0.200. The Morgan fingerprint density at radius 2 is 2.22 bits per heavy atom. The summed E-state index contributed by atoms with van der Waals surface area (Å²) >= 11 is 0. The van der Waals surface area contributed by atoms with E-state index < -0.39 is 5.91 Å². The van der Waals surface area contributed by atoms with Crippen LogP contribution in [0.1, 0.15) is 21.7 Å². The van der Waals surface area contributed by atoms with Gasteiger partial charge < -0.3 is 15.6 Å². The van der Waals surface area contributed by atoms with Gasteiger partial charge in [-0.2, -0.15) is 4.98 Å². The predicted molar refractivity (Wildman–Crippen MR) is 85.9 cm³/mol. The summed E-state index contributed by atoms with van der Waals surface area (Å²) in [6.45, 7) is 2.01. The number of anilines is 1. The predicted octanol–water partition coefficient (Wildman–Crippen LogP) is 0.477. The molecule has 0 saturated heterocycles. The molecule has 0 bridgehead atoms. The molecule has 4 N–H and O–H groups in total. The molecule has 118 valence electrons. The number of nitrogens with zero attached hydrogens (tertiary/aromatic N) is 3. The van der Waals surface area contributed by atoms with Crippen LogP contribution in [-0.2, 0) is 13.6 Å². The molecule has 2 heterocycles. The Hall–Kier alpha value is -3.16. The van der Waals surface area contributed by atoms with Gasteiger partial charge in [0.05, 0.1) is 12.1 Å². The highest BCUT2D eigenvalue weighted by atomic mass is 16.2. The second-order valence-corrected chi connectivity index (χ2v) is 5.33. The lowest BCUT2D eigenvalue weighted by Gasteiger charge is -2.09. The van der Waals surface area contributed by atoms with E-state index in [0.29, 0.717) is 11.2 Å². The molecule has 0 unspecified atom stereocenters. The van der Waals surface area contributed by atoms with E-state index in [1.165, 1.54) is 6.20 Å². The zero-order valence-electron chi connectivity index (χ0n) is 12.8. The van der Waals surface area contributed by atoms with E-state index in [1.54, 1.807) is 17.7 Å². The first-order valence-corrected chi connectivity index (χ1v) is 7.00. The van der Waals surface area contributed by atoms with Crippen LogP contribution in [0.4, 0.5) is 5.95 Å². The van der Waals surface area contributed by atoms with E-state index in [4.69, 9.17) is 5.73 Å². The highest BCUT2D eigenvalue weighted by Crippen LogP contribution is 2.13. The highest BCUT2D eigenvalue weighted by molar-refractivity contribution is 5.97. The standard InChI is InChI=1S/C15H16N6O2/c1-8-3-4-11-9(5-8)13(22)10(7-21(11)2)14(23)17-6-12-18-15(16)20-19-12/h3-5,7H,6H2,1-2H3,(H,17,23)(H3,16,18,19,20). The number of fused-ring (bicyclic) bond motifs is 1. The quantitative estimate of drug-likeness (QED) is 0.650. The average molecular weight is 312 g/mol. The van der Waals surface area contributed by atoms with Gasteiger partial charge in [-0.3, -0.25) is 14.7 Å². The summed E-state index contributed by atoms with van der Waals surface area (Å²) in [5.41, 5.74) is 6.92. The Morgan fingerprint density at radius 3 is 2.91 bits per heavy atom. The summed E-state index contributed by atoms with van der Waals surface area (Å²) in [5.74, 6) is 0.0552. The van der Waals surface area contributed by atoms with Crippen molar-refractivity contribution < 1.29 is 4.79 Å². The number of pyridine rings is 1. The van der Waals surface area contributed by atoms with Crippen LogP contribution >= 0.6 is 0 Å². The third-order valence-corrected chi connectivity index (χ3v) is 3.55. The Labute approximate surface area is 131 Å². The lowest BCUT2D eigenvalue weighted by atomic mass is 10.1. The molecule has 0 saturated carbocycles. The van der Waals surface area contributed by atoms with Crippen LogP contribution in [0.3, 0.4) is 0 Å². The van der Waals surface area contributed by atoms with Gasteiger partial charge in [0.1, 0.15) is 11.4 Å². The van der Waals surface area contributed by atoms with Crippen molar-refractivity contribution in [3.8, 4) is 0 Å². The maximum absolute atomic E-state index is 12.6. The number of nitrogens with two attached hydrogens (primary N) is 1. The third-order valence-electron chi connectivity index (χ3n) is 3.55. The molecule has 2 aromatic heterocycles. The van der Waals surface area contributed by atoms with E-state index in [0.717, 1.165) is 11.1 Å². The van der Waals surface area contributed by atoms with E-state index in [1.807, 2.05) is 19.1 Å². The van der Waals surface area contributed by atoms with Gasteiger partial charge in [0.2, 0.25) is 11.4 Å². The number of nitrogens with one attached hydrogen (secondary N) is 2. The molecule has 0 spiro atoms. The molecule has 23 heavy (non-hydrogen) atoms. The first-order chi connectivity index (χ1) is 11.0. The minimum absolute atomic E-state index is 0.0816. The van der Waals surface area contributed by atoms with Gasteiger partial charge in [-0.1, -0.05) is 11.6 Å². The van der Waals surface area contributed by atoms with Gasteiger partial charge in [-0.25, -0.2) is 0 Å². The number of hydrogen-bond acceptors (Lipinski definition) is 5. The largest absolute Gasteiger partial charge is 0.367 e. The van der Waals surface area contributed by atoms with E-state index in [-0.39, 0.29) is 23.5 Å². The molecule has 0 radical (unpaired) electrons. The molecule has 1 amide bonds. The number of carbonyl (C=O) groups excluding carboxylic acids is 1. The molecule has 0 aliphatic heterocycles. The summed E-state index contributed by atoms with van der Waals surface area (Å²) in [6.07, 6.45) is 1.53. The van der Waals surface area contributed by atoms with Crippen LogP contribution in [0.5, 0.6) is 0 Å². The molecule has 0 atom stereocenters. The number of hydrogen-bond donors (Lipinski definition) is 3. The highest BCUT2D eigenvalue weighted by Gasteiger charge is 2.15. The minimum atomic E-state index is -0.469. The number of aromatic amines is 1. The van der Waals surface area contributed by atoms with Gasteiger partial charge >= 0.3 is 0 Å². The van der Waals surface area contributed by atoms with Gasteiger partial charge in [-0.05, 0) is 19.1 Å². The molecule has 8 heteroatoms. The summed E-state index contributed by atoms with van der Waals surface area (Å²) in [4.78, 5) is 28.8. The number of amides is 1. The minimum Gasteiger partial charge on any atom is -0.367 e. The smallest absolute Gasteiger partial charge is 0.257 e. The van der Waals surface area contributed by atoms with Gasteiger partial charge in [0.25, 0.3) is 5.91 Å². The molecule has 0 aliphatic carbocycles. The van der Waals surface area contributed by atoms with Crippen LogP contribution in [0.15, 0.2) is 29.2 Å². The van der Waals surface area contributed by atoms with Crippen LogP contribution < -0.4 is 16.5 Å². The van der Waals surface area contributed by atoms with Gasteiger partial charge in [0, 0.05) is 18.6 Å². The second-order valence-electron chi connectivity index (χ2n) is 5.33. The average Bonchev–Trinajstić information content (AvgIpc) is 2.94. The molecule has 1 aromatic carbocycles. The first-order valence-electron chi connectivity index (χ1n) is 7.00. The zero-order chi connectivity index (χ0) is 16.6.